The van der Waals surface area contributed by atoms with Crippen LogP contribution in [0.5, 0.6) is 0 Å². The maximum absolute atomic E-state index is 8.45. The maximum atomic E-state index is 8.45. The van der Waals surface area contributed by atoms with Crippen LogP contribution in [0.1, 0.15) is 13.7 Å². The minimum atomic E-state index is -0.419. The predicted molar refractivity (Wildman–Crippen MR) is 191 cm³/mol. The van der Waals surface area contributed by atoms with E-state index >= 15 is 0 Å². The lowest BCUT2D eigenvalue weighted by atomic mass is 9.91. The number of benzene rings is 8. The first-order valence-electron chi connectivity index (χ1n) is 19.7. The molecule has 0 spiro atoms. The van der Waals surface area contributed by atoms with Crippen LogP contribution in [0.15, 0.2) is 176 Å². The number of hydrogen-bond acceptors (Lipinski definition) is 0. The first-order valence-corrected chi connectivity index (χ1v) is 14.7. The van der Waals surface area contributed by atoms with Crippen molar-refractivity contribution in [2.24, 2.45) is 0 Å². The minimum Gasteiger partial charge on any atom is -0.309 e. The molecule has 0 aliphatic carbocycles. The van der Waals surface area contributed by atoms with Crippen LogP contribution in [0.4, 0.5) is 0 Å². The molecule has 1 heteroatoms. The number of nitrogens with zero attached hydrogens (tertiary/aromatic N) is 1. The zero-order valence-corrected chi connectivity index (χ0v) is 23.9. The second-order valence-electron chi connectivity index (χ2n) is 11.0. The molecule has 0 atom stereocenters. The monoisotopic (exact) mass is 581 g/mol. The van der Waals surface area contributed by atoms with E-state index in [-0.39, 0.29) is 59.5 Å². The van der Waals surface area contributed by atoms with Gasteiger partial charge in [-0.2, -0.15) is 0 Å². The van der Waals surface area contributed by atoms with E-state index in [1.54, 1.807) is 24.3 Å². The summed E-state index contributed by atoms with van der Waals surface area (Å²) in [5.41, 5.74) is 8.31. The molecular formula is C44H29N. The van der Waals surface area contributed by atoms with Crippen molar-refractivity contribution in [2.75, 3.05) is 0 Å². The lowest BCUT2D eigenvalue weighted by Gasteiger charge is -2.12. The van der Waals surface area contributed by atoms with Crippen LogP contribution in [0, 0.1) is 0 Å². The van der Waals surface area contributed by atoms with Gasteiger partial charge in [-0.05, 0) is 79.5 Å². The van der Waals surface area contributed by atoms with Gasteiger partial charge in [0.1, 0.15) is 0 Å². The van der Waals surface area contributed by atoms with Crippen LogP contribution in [0.3, 0.4) is 0 Å². The average Bonchev–Trinajstić information content (AvgIpc) is 3.56. The molecule has 0 saturated heterocycles. The zero-order valence-electron chi connectivity index (χ0n) is 33.9. The standard InChI is InChI=1S/C44H29N/c1-4-10-30(11-5-1)32-16-20-34(21-17-32)37-26-28-41-43-39(37)24-25-40-38(35-22-18-33(19-23-35)31-12-6-2-7-13-31)27-29-42(44(40)43)45(41)36-14-8-3-9-15-36/h1-29H/i1D,2D,4D,5D,6D,7D,10D,11D,12D,13D. The van der Waals surface area contributed by atoms with Gasteiger partial charge in [-0.25, -0.2) is 0 Å². The van der Waals surface area contributed by atoms with Gasteiger partial charge >= 0.3 is 0 Å². The lowest BCUT2D eigenvalue weighted by Crippen LogP contribution is -1.93. The number of rotatable bonds is 5. The summed E-state index contributed by atoms with van der Waals surface area (Å²) in [6.07, 6.45) is 0. The van der Waals surface area contributed by atoms with Gasteiger partial charge in [0.05, 0.1) is 24.7 Å². The molecule has 9 rings (SSSR count). The molecule has 210 valence electrons. The van der Waals surface area contributed by atoms with E-state index in [4.69, 9.17) is 13.7 Å². The van der Waals surface area contributed by atoms with Crippen molar-refractivity contribution >= 4 is 32.6 Å². The van der Waals surface area contributed by atoms with Crippen molar-refractivity contribution in [1.29, 1.82) is 0 Å². The lowest BCUT2D eigenvalue weighted by molar-refractivity contribution is 1.18. The summed E-state index contributed by atoms with van der Waals surface area (Å²) in [5.74, 6) is 0. The molecular weight excluding hydrogens is 542 g/mol. The Labute approximate surface area is 276 Å². The van der Waals surface area contributed by atoms with Gasteiger partial charge in [0.2, 0.25) is 0 Å². The molecule has 0 fully saturated rings. The van der Waals surface area contributed by atoms with E-state index in [2.05, 4.69) is 53.1 Å². The summed E-state index contributed by atoms with van der Waals surface area (Å²) in [6.45, 7) is 0. The SMILES string of the molecule is [2H]c1c([2H])c([2H])c(-c2ccc(-c3ccc4c5c3ccc3c(-c6ccc(-c7c([2H])c([2H])c([2H])c([2H])c7[2H])cc6)ccc(c35)n4-c3ccccc3)cc2)c([2H])c1[2H]. The third-order valence-corrected chi connectivity index (χ3v) is 8.58. The van der Waals surface area contributed by atoms with Crippen LogP contribution in [0.25, 0.3) is 82.8 Å². The van der Waals surface area contributed by atoms with Crippen LogP contribution in [0.2, 0.25) is 0 Å². The summed E-state index contributed by atoms with van der Waals surface area (Å²) in [7, 11) is 0. The average molecular weight is 582 g/mol. The Morgan fingerprint density at radius 2 is 0.778 bits per heavy atom. The molecule has 45 heavy (non-hydrogen) atoms. The first kappa shape index (κ1) is 17.4. The third-order valence-electron chi connectivity index (χ3n) is 8.58. The van der Waals surface area contributed by atoms with Crippen molar-refractivity contribution in [3.05, 3.63) is 176 Å². The van der Waals surface area contributed by atoms with Crippen molar-refractivity contribution in [1.82, 2.24) is 4.57 Å². The molecule has 0 aliphatic rings. The molecule has 0 N–H and O–H groups in total. The van der Waals surface area contributed by atoms with Crippen molar-refractivity contribution < 1.29 is 13.7 Å². The quantitative estimate of drug-likeness (QED) is 0.178. The van der Waals surface area contributed by atoms with E-state index in [1.165, 1.54) is 0 Å². The summed E-state index contributed by atoms with van der Waals surface area (Å²) >= 11 is 0. The molecule has 1 aromatic heterocycles. The summed E-state index contributed by atoms with van der Waals surface area (Å²) in [5, 5.41) is 4.24. The first-order chi connectivity index (χ1) is 26.5. The normalized spacial score (nSPS) is 14.7. The largest absolute Gasteiger partial charge is 0.309 e. The van der Waals surface area contributed by atoms with Gasteiger partial charge in [-0.3, -0.25) is 0 Å². The Bertz CT molecular complexity index is 2760. The zero-order chi connectivity index (χ0) is 38.4. The minimum absolute atomic E-state index is 0.165. The van der Waals surface area contributed by atoms with E-state index in [1.807, 2.05) is 42.5 Å². The number of para-hydroxylation sites is 1. The molecule has 9 aromatic rings. The molecule has 8 aromatic carbocycles. The molecule has 0 radical (unpaired) electrons. The second-order valence-corrected chi connectivity index (χ2v) is 11.0. The predicted octanol–water partition coefficient (Wildman–Crippen LogP) is 12.0. The third kappa shape index (κ3) is 4.17. The van der Waals surface area contributed by atoms with Crippen LogP contribution in [-0.2, 0) is 0 Å². The van der Waals surface area contributed by atoms with Gasteiger partial charge in [0.25, 0.3) is 0 Å². The van der Waals surface area contributed by atoms with Crippen molar-refractivity contribution in [2.45, 2.75) is 0 Å². The fraction of sp³-hybridized carbons (Fsp3) is 0. The Kier molecular flexibility index (Phi) is 4.01. The van der Waals surface area contributed by atoms with E-state index < -0.39 is 12.1 Å². The Balaban J connectivity index is 1.21. The van der Waals surface area contributed by atoms with E-state index in [0.717, 1.165) is 60.5 Å². The Morgan fingerprint density at radius 3 is 1.22 bits per heavy atom. The van der Waals surface area contributed by atoms with Crippen molar-refractivity contribution in [3.8, 4) is 50.2 Å². The highest BCUT2D eigenvalue weighted by molar-refractivity contribution is 6.28. The molecule has 0 unspecified atom stereocenters. The molecule has 0 saturated carbocycles. The highest BCUT2D eigenvalue weighted by Gasteiger charge is 2.21. The van der Waals surface area contributed by atoms with Gasteiger partial charge < -0.3 is 4.57 Å². The van der Waals surface area contributed by atoms with Gasteiger partial charge in [0, 0.05) is 16.5 Å². The topological polar surface area (TPSA) is 4.93 Å². The molecule has 0 bridgehead atoms. The molecule has 1 nitrogen and oxygen atoms in total. The van der Waals surface area contributed by atoms with Gasteiger partial charge in [0.15, 0.2) is 0 Å². The maximum Gasteiger partial charge on any atom is 0.0629 e. The smallest absolute Gasteiger partial charge is 0.0629 e. The Hall–Kier alpha value is -5.92. The Morgan fingerprint density at radius 1 is 0.356 bits per heavy atom. The number of hydrogen-bond donors (Lipinski definition) is 0. The van der Waals surface area contributed by atoms with Crippen LogP contribution < -0.4 is 0 Å². The number of aromatic nitrogens is 1. The molecule has 0 amide bonds. The fourth-order valence-electron chi connectivity index (χ4n) is 6.54. The fourth-order valence-corrected chi connectivity index (χ4v) is 6.54. The molecule has 1 heterocycles. The highest BCUT2D eigenvalue weighted by Crippen LogP contribution is 2.45. The summed E-state index contributed by atoms with van der Waals surface area (Å²) in [6, 6.07) is 34.6. The van der Waals surface area contributed by atoms with E-state index in [0.29, 0.717) is 11.1 Å². The van der Waals surface area contributed by atoms with Crippen molar-refractivity contribution in [3.63, 3.8) is 0 Å². The molecule has 0 aliphatic heterocycles. The van der Waals surface area contributed by atoms with Gasteiger partial charge in [-0.1, -0.05) is 151 Å². The second kappa shape index (κ2) is 10.4. The van der Waals surface area contributed by atoms with Crippen LogP contribution >= 0.6 is 0 Å². The highest BCUT2D eigenvalue weighted by atomic mass is 15.0. The summed E-state index contributed by atoms with van der Waals surface area (Å²) < 4.78 is 84.5. The summed E-state index contributed by atoms with van der Waals surface area (Å²) in [4.78, 5) is 0. The van der Waals surface area contributed by atoms with Crippen LogP contribution in [-0.4, -0.2) is 4.57 Å². The van der Waals surface area contributed by atoms with E-state index in [9.17, 15) is 0 Å². The van der Waals surface area contributed by atoms with Gasteiger partial charge in [-0.15, -0.1) is 0 Å².